The van der Waals surface area contributed by atoms with Gasteiger partial charge in [0.1, 0.15) is 5.82 Å². The molecule has 0 saturated heterocycles. The van der Waals surface area contributed by atoms with Crippen molar-refractivity contribution in [2.75, 3.05) is 0 Å². The predicted octanol–water partition coefficient (Wildman–Crippen LogP) is 0.889. The van der Waals surface area contributed by atoms with Crippen LogP contribution in [0.2, 0.25) is 0 Å². The Balaban J connectivity index is 3.49. The third-order valence-electron chi connectivity index (χ3n) is 1.66. The highest BCUT2D eigenvalue weighted by atomic mass is 19.1. The number of carbonyl (C=O) groups excluding carboxylic acids is 1. The van der Waals surface area contributed by atoms with Crippen LogP contribution >= 0.6 is 0 Å². The van der Waals surface area contributed by atoms with Crippen LogP contribution in [-0.2, 0) is 6.42 Å². The minimum atomic E-state index is -0.542. The Labute approximate surface area is 68.2 Å². The number of pyridine rings is 1. The van der Waals surface area contributed by atoms with Gasteiger partial charge < -0.3 is 4.98 Å². The molecule has 1 heterocycles. The lowest BCUT2D eigenvalue weighted by molar-refractivity contribution is 0.112. The number of aromatic nitrogens is 1. The van der Waals surface area contributed by atoms with E-state index in [0.29, 0.717) is 12.7 Å². The van der Waals surface area contributed by atoms with Crippen molar-refractivity contribution in [3.8, 4) is 0 Å². The topological polar surface area (TPSA) is 49.9 Å². The fraction of sp³-hybridized carbons (Fsp3) is 0.250. The average Bonchev–Trinajstić information content (AvgIpc) is 2.08. The molecule has 0 saturated carbocycles. The Morgan fingerprint density at radius 3 is 2.75 bits per heavy atom. The van der Waals surface area contributed by atoms with E-state index in [2.05, 4.69) is 4.98 Å². The highest BCUT2D eigenvalue weighted by Gasteiger charge is 2.09. The Kier molecular flexibility index (Phi) is 2.38. The number of hydrogen-bond donors (Lipinski definition) is 1. The predicted molar refractivity (Wildman–Crippen MR) is 41.8 cm³/mol. The van der Waals surface area contributed by atoms with E-state index in [-0.39, 0.29) is 11.1 Å². The van der Waals surface area contributed by atoms with E-state index >= 15 is 0 Å². The number of aldehydes is 1. The van der Waals surface area contributed by atoms with E-state index in [1.54, 1.807) is 6.92 Å². The van der Waals surface area contributed by atoms with Crippen molar-refractivity contribution in [2.24, 2.45) is 0 Å². The molecule has 0 bridgehead atoms. The molecule has 0 atom stereocenters. The fourth-order valence-corrected chi connectivity index (χ4v) is 1.04. The molecule has 0 amide bonds. The van der Waals surface area contributed by atoms with Crippen molar-refractivity contribution >= 4 is 6.29 Å². The zero-order valence-electron chi connectivity index (χ0n) is 6.56. The van der Waals surface area contributed by atoms with E-state index in [1.165, 1.54) is 0 Å². The van der Waals surface area contributed by atoms with Gasteiger partial charge in [-0.25, -0.2) is 4.39 Å². The zero-order chi connectivity index (χ0) is 9.14. The molecule has 0 unspecified atom stereocenters. The number of aromatic amines is 1. The van der Waals surface area contributed by atoms with Crippen molar-refractivity contribution in [3.05, 3.63) is 33.5 Å². The maximum atomic E-state index is 12.9. The van der Waals surface area contributed by atoms with Gasteiger partial charge in [0.15, 0.2) is 6.29 Å². The number of nitrogens with one attached hydrogen (secondary N) is 1. The molecule has 64 valence electrons. The zero-order valence-corrected chi connectivity index (χ0v) is 6.56. The second-order valence-corrected chi connectivity index (χ2v) is 2.33. The molecule has 0 aliphatic heterocycles. The van der Waals surface area contributed by atoms with Crippen LogP contribution in [0.15, 0.2) is 11.0 Å². The smallest absolute Gasteiger partial charge is 0.258 e. The summed E-state index contributed by atoms with van der Waals surface area (Å²) in [6.45, 7) is 1.69. The van der Waals surface area contributed by atoms with Crippen LogP contribution in [0, 0.1) is 5.82 Å². The lowest BCUT2D eigenvalue weighted by Gasteiger charge is -2.00. The van der Waals surface area contributed by atoms with Crippen molar-refractivity contribution in [2.45, 2.75) is 13.3 Å². The second kappa shape index (κ2) is 3.30. The molecular formula is C8H8FNO2. The highest BCUT2D eigenvalue weighted by Crippen LogP contribution is 2.06. The molecule has 0 spiro atoms. The number of halogens is 1. The first-order chi connectivity index (χ1) is 5.70. The summed E-state index contributed by atoms with van der Waals surface area (Å²) in [5.41, 5.74) is -0.477. The average molecular weight is 169 g/mol. The molecule has 12 heavy (non-hydrogen) atoms. The van der Waals surface area contributed by atoms with Gasteiger partial charge in [-0.15, -0.1) is 0 Å². The summed E-state index contributed by atoms with van der Waals surface area (Å²) in [5, 5.41) is 0. The summed E-state index contributed by atoms with van der Waals surface area (Å²) in [4.78, 5) is 23.4. The maximum Gasteiger partial charge on any atom is 0.258 e. The van der Waals surface area contributed by atoms with Crippen LogP contribution in [0.1, 0.15) is 22.8 Å². The van der Waals surface area contributed by atoms with Gasteiger partial charge in [0, 0.05) is 11.8 Å². The van der Waals surface area contributed by atoms with Gasteiger partial charge in [0.25, 0.3) is 5.56 Å². The molecule has 4 heteroatoms. The quantitative estimate of drug-likeness (QED) is 0.668. The molecule has 1 aromatic rings. The monoisotopic (exact) mass is 169 g/mol. The summed E-state index contributed by atoms with van der Waals surface area (Å²) >= 11 is 0. The molecule has 1 rings (SSSR count). The van der Waals surface area contributed by atoms with Gasteiger partial charge in [0.05, 0.1) is 5.56 Å². The van der Waals surface area contributed by atoms with Crippen molar-refractivity contribution in [1.82, 2.24) is 4.98 Å². The van der Waals surface area contributed by atoms with Gasteiger partial charge in [-0.3, -0.25) is 9.59 Å². The van der Waals surface area contributed by atoms with Crippen LogP contribution in [0.25, 0.3) is 0 Å². The first kappa shape index (κ1) is 8.64. The summed E-state index contributed by atoms with van der Waals surface area (Å²) in [6, 6.07) is 0. The maximum absolute atomic E-state index is 12.9. The highest BCUT2D eigenvalue weighted by molar-refractivity contribution is 5.76. The number of rotatable bonds is 2. The molecule has 0 fully saturated rings. The number of carbonyl (C=O) groups is 1. The van der Waals surface area contributed by atoms with Crippen LogP contribution in [0.3, 0.4) is 0 Å². The SMILES string of the molecule is CCc1c(F)c[nH]c(=O)c1C=O. The van der Waals surface area contributed by atoms with E-state index in [0.717, 1.165) is 6.20 Å². The third-order valence-corrected chi connectivity index (χ3v) is 1.66. The molecule has 0 aromatic carbocycles. The van der Waals surface area contributed by atoms with Gasteiger partial charge >= 0.3 is 0 Å². The van der Waals surface area contributed by atoms with Crippen LogP contribution < -0.4 is 5.56 Å². The van der Waals surface area contributed by atoms with E-state index < -0.39 is 11.4 Å². The number of hydrogen-bond acceptors (Lipinski definition) is 2. The summed E-state index contributed by atoms with van der Waals surface area (Å²) in [5.74, 6) is -0.542. The van der Waals surface area contributed by atoms with E-state index in [9.17, 15) is 14.0 Å². The molecular weight excluding hydrogens is 161 g/mol. The molecule has 0 aliphatic carbocycles. The summed E-state index contributed by atoms with van der Waals surface area (Å²) in [7, 11) is 0. The van der Waals surface area contributed by atoms with Crippen LogP contribution in [0.5, 0.6) is 0 Å². The molecule has 0 aliphatic rings. The Hall–Kier alpha value is -1.45. The van der Waals surface area contributed by atoms with Gasteiger partial charge in [-0.2, -0.15) is 0 Å². The molecule has 0 radical (unpaired) electrons. The van der Waals surface area contributed by atoms with Crippen LogP contribution in [-0.4, -0.2) is 11.3 Å². The summed E-state index contributed by atoms with van der Waals surface area (Å²) in [6.07, 6.45) is 1.68. The third kappa shape index (κ3) is 1.28. The van der Waals surface area contributed by atoms with Crippen molar-refractivity contribution in [3.63, 3.8) is 0 Å². The molecule has 3 nitrogen and oxygen atoms in total. The van der Waals surface area contributed by atoms with E-state index in [4.69, 9.17) is 0 Å². The first-order valence-corrected chi connectivity index (χ1v) is 3.56. The Morgan fingerprint density at radius 1 is 1.67 bits per heavy atom. The van der Waals surface area contributed by atoms with Gasteiger partial charge in [-0.1, -0.05) is 6.92 Å². The minimum absolute atomic E-state index is 0.113. The number of H-pyrrole nitrogens is 1. The van der Waals surface area contributed by atoms with E-state index in [1.807, 2.05) is 0 Å². The van der Waals surface area contributed by atoms with Crippen molar-refractivity contribution in [1.29, 1.82) is 0 Å². The molecule has 1 N–H and O–H groups in total. The van der Waals surface area contributed by atoms with Gasteiger partial charge in [-0.05, 0) is 6.42 Å². The Bertz CT molecular complexity index is 357. The lowest BCUT2D eigenvalue weighted by atomic mass is 10.1. The van der Waals surface area contributed by atoms with Gasteiger partial charge in [0.2, 0.25) is 0 Å². The van der Waals surface area contributed by atoms with Crippen molar-refractivity contribution < 1.29 is 9.18 Å². The fourth-order valence-electron chi connectivity index (χ4n) is 1.04. The standard InChI is InChI=1S/C8H8FNO2/c1-2-5-6(4-11)8(12)10-3-7(5)9/h3-4H,2H2,1H3,(H,10,12). The van der Waals surface area contributed by atoms with Crippen LogP contribution in [0.4, 0.5) is 4.39 Å². The first-order valence-electron chi connectivity index (χ1n) is 3.56. The summed E-state index contributed by atoms with van der Waals surface area (Å²) < 4.78 is 12.9. The molecule has 1 aromatic heterocycles. The normalized spacial score (nSPS) is 9.83. The largest absolute Gasteiger partial charge is 0.326 e. The lowest BCUT2D eigenvalue weighted by Crippen LogP contribution is -2.15. The minimum Gasteiger partial charge on any atom is -0.326 e. The second-order valence-electron chi connectivity index (χ2n) is 2.33. The Morgan fingerprint density at radius 2 is 2.33 bits per heavy atom.